The van der Waals surface area contributed by atoms with Crippen molar-refractivity contribution in [2.45, 2.75) is 31.6 Å². The van der Waals surface area contributed by atoms with Crippen LogP contribution in [0.15, 0.2) is 47.4 Å². The molecule has 0 atom stereocenters. The van der Waals surface area contributed by atoms with E-state index in [0.29, 0.717) is 12.0 Å². The van der Waals surface area contributed by atoms with Crippen molar-refractivity contribution in [1.82, 2.24) is 4.72 Å². The number of carboxylic acids is 1. The molecular formula is C19H21NO5S. The van der Waals surface area contributed by atoms with Gasteiger partial charge >= 0.3 is 5.97 Å². The minimum atomic E-state index is -3.77. The highest BCUT2D eigenvalue weighted by Crippen LogP contribution is 2.14. The highest BCUT2D eigenvalue weighted by Gasteiger charge is 2.17. The van der Waals surface area contributed by atoms with Crippen molar-refractivity contribution in [3.63, 3.8) is 0 Å². The minimum Gasteiger partial charge on any atom is -0.481 e. The van der Waals surface area contributed by atoms with Gasteiger partial charge in [-0.15, -0.1) is 0 Å². The molecule has 0 spiro atoms. The standard InChI is InChI=1S/C19H21NO5S/c1-13-3-9-17(11-14(13)2)26(24,25)20-12-18(21)16-7-4-15(5-8-16)6-10-19(22)23/h3-5,7-9,11,20H,6,10,12H2,1-2H3,(H,22,23). The third-order valence-electron chi connectivity index (χ3n) is 4.11. The number of carbonyl (C=O) groups excluding carboxylic acids is 1. The average Bonchev–Trinajstić information content (AvgIpc) is 2.60. The van der Waals surface area contributed by atoms with Crippen molar-refractivity contribution in [1.29, 1.82) is 0 Å². The second-order valence-electron chi connectivity index (χ2n) is 6.08. The molecule has 0 heterocycles. The van der Waals surface area contributed by atoms with E-state index in [1.165, 1.54) is 6.07 Å². The Kier molecular flexibility index (Phi) is 6.28. The summed E-state index contributed by atoms with van der Waals surface area (Å²) < 4.78 is 27.0. The molecule has 0 bridgehead atoms. The molecule has 6 nitrogen and oxygen atoms in total. The van der Waals surface area contributed by atoms with Crippen molar-refractivity contribution < 1.29 is 23.1 Å². The lowest BCUT2D eigenvalue weighted by Gasteiger charge is -2.09. The van der Waals surface area contributed by atoms with E-state index >= 15 is 0 Å². The molecule has 2 rings (SSSR count). The van der Waals surface area contributed by atoms with Crippen molar-refractivity contribution in [3.8, 4) is 0 Å². The first-order valence-electron chi connectivity index (χ1n) is 8.10. The van der Waals surface area contributed by atoms with Crippen molar-refractivity contribution >= 4 is 21.8 Å². The van der Waals surface area contributed by atoms with Gasteiger partial charge < -0.3 is 5.11 Å². The van der Waals surface area contributed by atoms with Gasteiger partial charge in [-0.25, -0.2) is 13.1 Å². The molecule has 0 aliphatic heterocycles. The highest BCUT2D eigenvalue weighted by atomic mass is 32.2. The van der Waals surface area contributed by atoms with Gasteiger partial charge in [-0.05, 0) is 49.1 Å². The van der Waals surface area contributed by atoms with Crippen LogP contribution in [0.5, 0.6) is 0 Å². The SMILES string of the molecule is Cc1ccc(S(=O)(=O)NCC(=O)c2ccc(CCC(=O)O)cc2)cc1C. The Morgan fingerprint density at radius 1 is 1.00 bits per heavy atom. The number of ketones is 1. The van der Waals surface area contributed by atoms with Gasteiger partial charge in [-0.2, -0.15) is 0 Å². The smallest absolute Gasteiger partial charge is 0.303 e. The number of sulfonamides is 1. The van der Waals surface area contributed by atoms with E-state index in [0.717, 1.165) is 16.7 Å². The Morgan fingerprint density at radius 3 is 2.23 bits per heavy atom. The number of hydrogen-bond acceptors (Lipinski definition) is 4. The van der Waals surface area contributed by atoms with E-state index in [-0.39, 0.29) is 23.6 Å². The van der Waals surface area contributed by atoms with Crippen LogP contribution in [0.4, 0.5) is 0 Å². The van der Waals surface area contributed by atoms with E-state index in [2.05, 4.69) is 4.72 Å². The van der Waals surface area contributed by atoms with Crippen molar-refractivity contribution in [3.05, 3.63) is 64.7 Å². The van der Waals surface area contributed by atoms with Gasteiger partial charge in [0.05, 0.1) is 11.4 Å². The summed E-state index contributed by atoms with van der Waals surface area (Å²) in [6, 6.07) is 11.3. The van der Waals surface area contributed by atoms with Gasteiger partial charge in [-0.1, -0.05) is 30.3 Å². The largest absolute Gasteiger partial charge is 0.481 e. The van der Waals surface area contributed by atoms with Gasteiger partial charge in [0.2, 0.25) is 10.0 Å². The number of aliphatic carboxylic acids is 1. The van der Waals surface area contributed by atoms with Gasteiger partial charge in [0.25, 0.3) is 0 Å². The summed E-state index contributed by atoms with van der Waals surface area (Å²) in [5.74, 6) is -1.24. The minimum absolute atomic E-state index is 0.0169. The van der Waals surface area contributed by atoms with E-state index < -0.39 is 16.0 Å². The van der Waals surface area contributed by atoms with Gasteiger partial charge in [0, 0.05) is 12.0 Å². The quantitative estimate of drug-likeness (QED) is 0.691. The molecule has 0 aliphatic rings. The van der Waals surface area contributed by atoms with Crippen LogP contribution in [0.1, 0.15) is 33.5 Å². The van der Waals surface area contributed by atoms with Gasteiger partial charge in [-0.3, -0.25) is 9.59 Å². The van der Waals surface area contributed by atoms with Crippen LogP contribution >= 0.6 is 0 Å². The van der Waals surface area contributed by atoms with E-state index in [4.69, 9.17) is 5.11 Å². The number of nitrogens with one attached hydrogen (secondary N) is 1. The van der Waals surface area contributed by atoms with Gasteiger partial charge in [0.1, 0.15) is 0 Å². The first kappa shape index (κ1) is 19.8. The Labute approximate surface area is 152 Å². The van der Waals surface area contributed by atoms with E-state index in [1.807, 2.05) is 13.8 Å². The maximum atomic E-state index is 12.3. The monoisotopic (exact) mass is 375 g/mol. The van der Waals surface area contributed by atoms with Crippen LogP contribution < -0.4 is 4.72 Å². The maximum Gasteiger partial charge on any atom is 0.303 e. The fraction of sp³-hybridized carbons (Fsp3) is 0.263. The highest BCUT2D eigenvalue weighted by molar-refractivity contribution is 7.89. The maximum absolute atomic E-state index is 12.3. The Bertz CT molecular complexity index is 917. The number of carboxylic acid groups (broad SMARTS) is 1. The Hall–Kier alpha value is -2.51. The fourth-order valence-corrected chi connectivity index (χ4v) is 3.40. The summed E-state index contributed by atoms with van der Waals surface area (Å²) in [5.41, 5.74) is 3.02. The third-order valence-corrected chi connectivity index (χ3v) is 5.51. The molecule has 0 amide bonds. The number of carbonyl (C=O) groups is 2. The number of rotatable bonds is 8. The zero-order valence-electron chi connectivity index (χ0n) is 14.7. The number of Topliss-reactive ketones (excluding diaryl/α,β-unsaturated/α-hetero) is 1. The topological polar surface area (TPSA) is 101 Å². The molecule has 26 heavy (non-hydrogen) atoms. The summed E-state index contributed by atoms with van der Waals surface area (Å²) in [7, 11) is -3.77. The van der Waals surface area contributed by atoms with Crippen LogP contribution in [-0.4, -0.2) is 31.8 Å². The zero-order chi connectivity index (χ0) is 19.3. The molecule has 0 radical (unpaired) electrons. The first-order chi connectivity index (χ1) is 12.2. The van der Waals surface area contributed by atoms with E-state index in [9.17, 15) is 18.0 Å². The fourth-order valence-electron chi connectivity index (χ4n) is 2.34. The first-order valence-corrected chi connectivity index (χ1v) is 9.58. The molecular weight excluding hydrogens is 354 g/mol. The molecule has 0 aromatic heterocycles. The summed E-state index contributed by atoms with van der Waals surface area (Å²) in [5, 5.41) is 8.67. The Balaban J connectivity index is 2.01. The second-order valence-corrected chi connectivity index (χ2v) is 7.85. The predicted molar refractivity (Wildman–Crippen MR) is 97.8 cm³/mol. The molecule has 0 aliphatic carbocycles. The molecule has 0 fully saturated rings. The summed E-state index contributed by atoms with van der Waals surface area (Å²) in [6.45, 7) is 3.37. The summed E-state index contributed by atoms with van der Waals surface area (Å²) in [4.78, 5) is 22.9. The molecule has 138 valence electrons. The lowest BCUT2D eigenvalue weighted by molar-refractivity contribution is -0.136. The van der Waals surface area contributed by atoms with E-state index in [1.54, 1.807) is 36.4 Å². The van der Waals surface area contributed by atoms with Crippen LogP contribution in [0.3, 0.4) is 0 Å². The molecule has 0 saturated carbocycles. The van der Waals surface area contributed by atoms with Gasteiger partial charge in [0.15, 0.2) is 5.78 Å². The normalized spacial score (nSPS) is 11.3. The lowest BCUT2D eigenvalue weighted by atomic mass is 10.1. The molecule has 2 N–H and O–H groups in total. The van der Waals surface area contributed by atoms with Crippen LogP contribution in [0.2, 0.25) is 0 Å². The Morgan fingerprint density at radius 2 is 1.65 bits per heavy atom. The predicted octanol–water partition coefficient (Wildman–Crippen LogP) is 2.48. The molecule has 0 saturated heterocycles. The third kappa shape index (κ3) is 5.24. The lowest BCUT2D eigenvalue weighted by Crippen LogP contribution is -2.29. The molecule has 7 heteroatoms. The van der Waals surface area contributed by atoms with Crippen LogP contribution in [-0.2, 0) is 21.2 Å². The average molecular weight is 375 g/mol. The summed E-state index contributed by atoms with van der Waals surface area (Å²) >= 11 is 0. The summed E-state index contributed by atoms with van der Waals surface area (Å²) in [6.07, 6.45) is 0.395. The number of aryl methyl sites for hydroxylation is 3. The van der Waals surface area contributed by atoms with Crippen LogP contribution in [0, 0.1) is 13.8 Å². The molecule has 0 unspecified atom stereocenters. The second kappa shape index (κ2) is 8.25. The molecule has 2 aromatic rings. The zero-order valence-corrected chi connectivity index (χ0v) is 15.5. The van der Waals surface area contributed by atoms with Crippen molar-refractivity contribution in [2.75, 3.05) is 6.54 Å². The number of benzene rings is 2. The number of hydrogen-bond donors (Lipinski definition) is 2. The van der Waals surface area contributed by atoms with Crippen LogP contribution in [0.25, 0.3) is 0 Å². The molecule has 2 aromatic carbocycles. The van der Waals surface area contributed by atoms with Crippen molar-refractivity contribution in [2.24, 2.45) is 0 Å².